The fourth-order valence-corrected chi connectivity index (χ4v) is 2.44. The van der Waals surface area contributed by atoms with E-state index in [9.17, 15) is 0 Å². The third-order valence-electron chi connectivity index (χ3n) is 3.15. The number of rotatable bonds is 5. The monoisotopic (exact) mass is 362 g/mol. The average Bonchev–Trinajstić information content (AvgIpc) is 2.48. The van der Waals surface area contributed by atoms with Crippen LogP contribution in [0.1, 0.15) is 17.5 Å². The van der Waals surface area contributed by atoms with Crippen molar-refractivity contribution in [2.24, 2.45) is 0 Å². The van der Waals surface area contributed by atoms with Crippen molar-refractivity contribution in [3.05, 3.63) is 64.1 Å². The van der Waals surface area contributed by atoms with E-state index in [1.54, 1.807) is 0 Å². The van der Waals surface area contributed by atoms with Crippen LogP contribution in [0.4, 0.5) is 5.69 Å². The van der Waals surface area contributed by atoms with Crippen molar-refractivity contribution in [1.82, 2.24) is 5.32 Å². The molecule has 110 valence electrons. The third kappa shape index (κ3) is 5.86. The van der Waals surface area contributed by atoms with Crippen LogP contribution in [0.3, 0.4) is 0 Å². The largest absolute Gasteiger partial charge is 0.362 e. The van der Waals surface area contributed by atoms with Crippen molar-refractivity contribution in [3.8, 4) is 0 Å². The number of anilines is 1. The van der Waals surface area contributed by atoms with Crippen LogP contribution < -0.4 is 10.6 Å². The Morgan fingerprint density at radius 1 is 1.05 bits per heavy atom. The summed E-state index contributed by atoms with van der Waals surface area (Å²) in [5.41, 5.74) is 3.67. The zero-order valence-electron chi connectivity index (χ0n) is 12.0. The summed E-state index contributed by atoms with van der Waals surface area (Å²) in [6.07, 6.45) is 2.12. The molecule has 0 saturated carbocycles. The summed E-state index contributed by atoms with van der Waals surface area (Å²) in [5.74, 6) is 0. The van der Waals surface area contributed by atoms with Crippen LogP contribution in [0.2, 0.25) is 0 Å². The summed E-state index contributed by atoms with van der Waals surface area (Å²) in [6.45, 7) is 2.98. The van der Waals surface area contributed by atoms with Crippen molar-refractivity contribution in [2.45, 2.75) is 19.8 Å². The van der Waals surface area contributed by atoms with E-state index >= 15 is 0 Å². The fraction of sp³-hybridized carbons (Fsp3) is 0.235. The Kier molecular flexibility index (Phi) is 6.21. The molecule has 0 aliphatic rings. The number of hydrogen-bond acceptors (Lipinski definition) is 1. The van der Waals surface area contributed by atoms with E-state index in [1.807, 2.05) is 24.3 Å². The van der Waals surface area contributed by atoms with Gasteiger partial charge in [0.25, 0.3) is 0 Å². The van der Waals surface area contributed by atoms with E-state index < -0.39 is 0 Å². The second kappa shape index (κ2) is 8.15. The number of nitrogens with one attached hydrogen (secondary N) is 2. The van der Waals surface area contributed by atoms with Gasteiger partial charge in [0.05, 0.1) is 0 Å². The Bertz CT molecular complexity index is 579. The summed E-state index contributed by atoms with van der Waals surface area (Å²) >= 11 is 8.70. The molecule has 2 rings (SSSR count). The molecule has 0 aliphatic heterocycles. The predicted octanol–water partition coefficient (Wildman–Crippen LogP) is 4.68. The number of hydrogen-bond donors (Lipinski definition) is 2. The molecule has 4 heteroatoms. The first-order chi connectivity index (χ1) is 10.1. The van der Waals surface area contributed by atoms with Crippen LogP contribution >= 0.6 is 28.1 Å². The molecule has 0 amide bonds. The van der Waals surface area contributed by atoms with Gasteiger partial charge in [-0.05, 0) is 61.8 Å². The summed E-state index contributed by atoms with van der Waals surface area (Å²) < 4.78 is 1.06. The van der Waals surface area contributed by atoms with Gasteiger partial charge < -0.3 is 10.6 Å². The van der Waals surface area contributed by atoms with Crippen LogP contribution in [0, 0.1) is 6.92 Å². The molecule has 0 atom stereocenters. The molecule has 0 fully saturated rings. The Morgan fingerprint density at radius 2 is 1.71 bits per heavy atom. The van der Waals surface area contributed by atoms with E-state index in [2.05, 4.69) is 57.8 Å². The van der Waals surface area contributed by atoms with Gasteiger partial charge in [-0.25, -0.2) is 0 Å². The van der Waals surface area contributed by atoms with Gasteiger partial charge in [0.1, 0.15) is 0 Å². The Labute approximate surface area is 140 Å². The molecule has 21 heavy (non-hydrogen) atoms. The number of benzene rings is 2. The Morgan fingerprint density at radius 3 is 2.38 bits per heavy atom. The fourth-order valence-electron chi connectivity index (χ4n) is 1.96. The highest BCUT2D eigenvalue weighted by molar-refractivity contribution is 9.10. The van der Waals surface area contributed by atoms with Gasteiger partial charge in [0.15, 0.2) is 5.11 Å². The van der Waals surface area contributed by atoms with Crippen LogP contribution in [0.25, 0.3) is 0 Å². The molecule has 0 aromatic heterocycles. The standard InChI is InChI=1S/C17H19BrN2S/c1-13-4-6-14(7-5-13)3-2-12-19-17(21)20-16-10-8-15(18)9-11-16/h4-11H,2-3,12H2,1H3,(H2,19,20,21). The minimum absolute atomic E-state index is 0.668. The van der Waals surface area contributed by atoms with Gasteiger partial charge in [0, 0.05) is 16.7 Å². The molecule has 0 unspecified atom stereocenters. The lowest BCUT2D eigenvalue weighted by molar-refractivity contribution is 0.777. The number of thiocarbonyl (C=S) groups is 1. The first-order valence-electron chi connectivity index (χ1n) is 6.99. The highest BCUT2D eigenvalue weighted by Crippen LogP contribution is 2.13. The third-order valence-corrected chi connectivity index (χ3v) is 3.93. The van der Waals surface area contributed by atoms with E-state index in [0.29, 0.717) is 5.11 Å². The van der Waals surface area contributed by atoms with Gasteiger partial charge >= 0.3 is 0 Å². The molecule has 2 aromatic rings. The molecule has 0 bridgehead atoms. The normalized spacial score (nSPS) is 10.2. The Hall–Kier alpha value is -1.39. The van der Waals surface area contributed by atoms with Crippen molar-refractivity contribution in [1.29, 1.82) is 0 Å². The second-order valence-electron chi connectivity index (χ2n) is 4.98. The van der Waals surface area contributed by atoms with Gasteiger partial charge in [-0.2, -0.15) is 0 Å². The van der Waals surface area contributed by atoms with Crippen molar-refractivity contribution >= 4 is 38.9 Å². The topological polar surface area (TPSA) is 24.1 Å². The van der Waals surface area contributed by atoms with Crippen LogP contribution in [-0.2, 0) is 6.42 Å². The molecule has 2 N–H and O–H groups in total. The molecule has 0 radical (unpaired) electrons. The SMILES string of the molecule is Cc1ccc(CCCNC(=S)Nc2ccc(Br)cc2)cc1. The lowest BCUT2D eigenvalue weighted by atomic mass is 10.1. The highest BCUT2D eigenvalue weighted by atomic mass is 79.9. The van der Waals surface area contributed by atoms with Crippen molar-refractivity contribution < 1.29 is 0 Å². The van der Waals surface area contributed by atoms with Gasteiger partial charge in [-0.1, -0.05) is 45.8 Å². The van der Waals surface area contributed by atoms with E-state index in [4.69, 9.17) is 12.2 Å². The van der Waals surface area contributed by atoms with E-state index in [0.717, 1.165) is 29.5 Å². The molecule has 0 saturated heterocycles. The lowest BCUT2D eigenvalue weighted by Crippen LogP contribution is -2.29. The first kappa shape index (κ1) is 16.0. The quantitative estimate of drug-likeness (QED) is 0.596. The van der Waals surface area contributed by atoms with Crippen molar-refractivity contribution in [3.63, 3.8) is 0 Å². The minimum Gasteiger partial charge on any atom is -0.362 e. The maximum atomic E-state index is 5.28. The maximum Gasteiger partial charge on any atom is 0.170 e. The highest BCUT2D eigenvalue weighted by Gasteiger charge is 1.98. The zero-order chi connectivity index (χ0) is 15.1. The van der Waals surface area contributed by atoms with E-state index in [-0.39, 0.29) is 0 Å². The molecular formula is C17H19BrN2S. The molecule has 0 heterocycles. The predicted molar refractivity (Wildman–Crippen MR) is 97.9 cm³/mol. The summed E-state index contributed by atoms with van der Waals surface area (Å²) in [6, 6.07) is 16.6. The van der Waals surface area contributed by atoms with Crippen LogP contribution in [0.15, 0.2) is 53.0 Å². The van der Waals surface area contributed by atoms with Crippen LogP contribution in [-0.4, -0.2) is 11.7 Å². The van der Waals surface area contributed by atoms with E-state index in [1.165, 1.54) is 11.1 Å². The van der Waals surface area contributed by atoms with Gasteiger partial charge in [0.2, 0.25) is 0 Å². The zero-order valence-corrected chi connectivity index (χ0v) is 14.4. The number of halogens is 1. The molecular weight excluding hydrogens is 344 g/mol. The molecule has 0 spiro atoms. The molecule has 2 aromatic carbocycles. The maximum absolute atomic E-state index is 5.28. The molecule has 0 aliphatic carbocycles. The first-order valence-corrected chi connectivity index (χ1v) is 8.19. The average molecular weight is 363 g/mol. The molecule has 2 nitrogen and oxygen atoms in total. The van der Waals surface area contributed by atoms with Crippen molar-refractivity contribution in [2.75, 3.05) is 11.9 Å². The second-order valence-corrected chi connectivity index (χ2v) is 6.30. The lowest BCUT2D eigenvalue weighted by Gasteiger charge is -2.10. The summed E-state index contributed by atoms with van der Waals surface area (Å²) in [5, 5.41) is 7.08. The van der Waals surface area contributed by atoms with Gasteiger partial charge in [-0.3, -0.25) is 0 Å². The minimum atomic E-state index is 0.668. The Balaban J connectivity index is 1.67. The number of aryl methyl sites for hydroxylation is 2. The van der Waals surface area contributed by atoms with Gasteiger partial charge in [-0.15, -0.1) is 0 Å². The summed E-state index contributed by atoms with van der Waals surface area (Å²) in [7, 11) is 0. The van der Waals surface area contributed by atoms with Crippen LogP contribution in [0.5, 0.6) is 0 Å². The smallest absolute Gasteiger partial charge is 0.170 e. The summed E-state index contributed by atoms with van der Waals surface area (Å²) in [4.78, 5) is 0.